The molecule has 0 aliphatic rings. The number of carbonyl (C=O) groups is 4. The van der Waals surface area contributed by atoms with Crippen molar-refractivity contribution in [1.82, 2.24) is 37.4 Å². The van der Waals surface area contributed by atoms with Crippen LogP contribution in [-0.2, 0) is 0 Å². The number of benzene rings is 17. The topological polar surface area (TPSA) is 124 Å². The fraction of sp³-hybridized carbons (Fsp3) is 0.0252. The predicted molar refractivity (Wildman–Crippen MR) is 539 cm³/mol. The van der Waals surface area contributed by atoms with Crippen molar-refractivity contribution in [3.8, 4) is 34.1 Å². The molecule has 25 rings (SSSR count). The van der Waals surface area contributed by atoms with Crippen LogP contribution in [0.25, 0.3) is 165 Å². The third kappa shape index (κ3) is 12.2. The van der Waals surface area contributed by atoms with Crippen molar-refractivity contribution in [2.45, 2.75) is 20.8 Å². The first-order chi connectivity index (χ1) is 64.9. The van der Waals surface area contributed by atoms with E-state index < -0.39 is 0 Å². The Bertz CT molecular complexity index is 8680. The summed E-state index contributed by atoms with van der Waals surface area (Å²) in [5.74, 6) is -0.327. The minimum atomic E-state index is -0.351. The van der Waals surface area contributed by atoms with E-state index in [4.69, 9.17) is 9.97 Å². The van der Waals surface area contributed by atoms with Gasteiger partial charge < -0.3 is 27.4 Å². The minimum absolute atomic E-state index is 0.0780. The van der Waals surface area contributed by atoms with Crippen molar-refractivity contribution in [3.05, 3.63) is 474 Å². The number of ketones is 4. The Morgan fingerprint density at radius 1 is 0.205 bits per heavy atom. The lowest BCUT2D eigenvalue weighted by molar-refractivity contribution is 0.103. The van der Waals surface area contributed by atoms with Gasteiger partial charge >= 0.3 is 0 Å². The van der Waals surface area contributed by atoms with Crippen molar-refractivity contribution in [1.29, 1.82) is 0 Å². The first kappa shape index (κ1) is 77.0. The number of para-hydroxylation sites is 2. The number of fused-ring (bicyclic) bond motifs is 18. The molecule has 25 aromatic rings. The zero-order valence-electron chi connectivity index (χ0n) is 72.0. The molecule has 8 aromatic heterocycles. The monoisotopic (exact) mass is 1690 g/mol. The Kier molecular flexibility index (Phi) is 17.7. The lowest BCUT2D eigenvalue weighted by Crippen LogP contribution is -2.54. The fourth-order valence-corrected chi connectivity index (χ4v) is 21.3. The molecule has 0 spiro atoms. The van der Waals surface area contributed by atoms with Gasteiger partial charge in [-0.2, -0.15) is 0 Å². The van der Waals surface area contributed by atoms with Crippen LogP contribution in [0.2, 0.25) is 0 Å². The van der Waals surface area contributed by atoms with Gasteiger partial charge in [0.1, 0.15) is 0 Å². The van der Waals surface area contributed by atoms with Gasteiger partial charge in [0.25, 0.3) is 0 Å². The van der Waals surface area contributed by atoms with E-state index in [9.17, 15) is 19.2 Å². The van der Waals surface area contributed by atoms with E-state index in [2.05, 4.69) is 279 Å². The molecule has 13 heteroatoms. The molecule has 0 amide bonds. The number of aromatic nitrogens is 8. The third-order valence-corrected chi connectivity index (χ3v) is 27.0. The second-order valence-corrected chi connectivity index (χ2v) is 34.7. The standard InChI is InChI=1S/C119H77BN8O4/c1-72-58-73(2)113(74(3)59-72)120(83-34-22-40-87(64-83)125-101-50-44-79(116(129)75-26-10-4-11-27-75)60-91(101)95-68-97-93-62-81(118(131)77-30-14-6-15-31-77)46-52-103(93)127(111(97)70-109(95)125)89-48-54-105-99(66-89)114-107(42-24-56-121-114)123(105)85-36-18-8-19-37-85)84-35-23-41-88(65-84)126-102-51-45-80(117(130)76-28-12-5-13-29-76)61-92(102)96-69-98-94-63-82(119(132)78-32-16-7-17-33-78)47-53-104(94)128(112(98)71-110(96)126)90-49-55-106-100(67-90)115-108(43-25-57-122-115)124(106)86-38-20-9-21-39-86/h4-71H,1-3H3. The Hall–Kier alpha value is -17.4. The number of carbonyl (C=O) groups excluding carboxylic acids is 4. The molecule has 0 bridgehead atoms. The Morgan fingerprint density at radius 2 is 0.477 bits per heavy atom. The fourth-order valence-electron chi connectivity index (χ4n) is 21.3. The van der Waals surface area contributed by atoms with Gasteiger partial charge in [0.2, 0.25) is 6.71 Å². The smallest absolute Gasteiger partial charge is 0.242 e. The van der Waals surface area contributed by atoms with Gasteiger partial charge in [-0.3, -0.25) is 29.1 Å². The maximum atomic E-state index is 15.0. The van der Waals surface area contributed by atoms with Gasteiger partial charge in [0, 0.05) is 145 Å². The molecule has 0 saturated carbocycles. The second-order valence-electron chi connectivity index (χ2n) is 34.7. The molecule has 132 heavy (non-hydrogen) atoms. The molecule has 0 aliphatic carbocycles. The Labute approximate surface area is 757 Å². The molecular weight excluding hydrogens is 1620 g/mol. The number of pyridine rings is 2. The summed E-state index contributed by atoms with van der Waals surface area (Å²) < 4.78 is 14.0. The van der Waals surface area contributed by atoms with Crippen LogP contribution in [0.15, 0.2) is 413 Å². The SMILES string of the molecule is Cc1cc(C)c(B(c2cccc(-n3c4ccc(C(=O)c5ccccc5)cc4c4cc5c6cc(C(=O)c7ccccc7)ccc6n(-c6ccc7c(c6)c6ncccc6n7-c6ccccc6)c5cc43)c2)c2cccc(-n3c4ccc(C(=O)c5ccccc5)cc4c4cc5c6cc(C(=O)c7ccccc7)ccc6n(-c6ccc7c(c6)c6ncccc6n7-c6ccccc6)c5cc43)c2)c(C)c1. The highest BCUT2D eigenvalue weighted by Gasteiger charge is 2.31. The van der Waals surface area contributed by atoms with Gasteiger partial charge in [-0.05, 0) is 227 Å². The van der Waals surface area contributed by atoms with Crippen molar-refractivity contribution in [3.63, 3.8) is 0 Å². The van der Waals surface area contributed by atoms with Gasteiger partial charge in [-0.1, -0.05) is 227 Å². The van der Waals surface area contributed by atoms with E-state index in [0.717, 1.165) is 193 Å². The summed E-state index contributed by atoms with van der Waals surface area (Å²) in [6.07, 6.45) is 3.72. The quantitative estimate of drug-likeness (QED) is 0.0661. The number of hydrogen-bond donors (Lipinski definition) is 0. The van der Waals surface area contributed by atoms with Crippen molar-refractivity contribution < 1.29 is 19.2 Å². The summed E-state index contributed by atoms with van der Waals surface area (Å²) in [6.45, 7) is 6.29. The molecular formula is C119H77BN8O4. The first-order valence-electron chi connectivity index (χ1n) is 44.6. The molecule has 17 aromatic carbocycles. The summed E-state index contributed by atoms with van der Waals surface area (Å²) in [5, 5.41) is 9.28. The summed E-state index contributed by atoms with van der Waals surface area (Å²) in [7, 11) is 0. The summed E-state index contributed by atoms with van der Waals surface area (Å²) in [5.41, 5.74) is 30.2. The van der Waals surface area contributed by atoms with Crippen LogP contribution in [0.5, 0.6) is 0 Å². The lowest BCUT2D eigenvalue weighted by Gasteiger charge is -2.23. The Morgan fingerprint density at radius 3 is 0.803 bits per heavy atom. The van der Waals surface area contributed by atoms with Gasteiger partial charge in [0.05, 0.1) is 77.2 Å². The summed E-state index contributed by atoms with van der Waals surface area (Å²) in [4.78, 5) is 69.6. The molecule has 0 atom stereocenters. The molecule has 0 fully saturated rings. The van der Waals surface area contributed by atoms with Crippen LogP contribution in [0, 0.1) is 20.8 Å². The zero-order valence-corrected chi connectivity index (χ0v) is 72.0. The largest absolute Gasteiger partial charge is 0.309 e. The highest BCUT2D eigenvalue weighted by molar-refractivity contribution is 6.96. The van der Waals surface area contributed by atoms with E-state index >= 15 is 0 Å². The first-order valence-corrected chi connectivity index (χ1v) is 44.6. The molecule has 0 saturated heterocycles. The molecule has 12 nitrogen and oxygen atoms in total. The second kappa shape index (κ2) is 30.4. The van der Waals surface area contributed by atoms with E-state index in [1.165, 1.54) is 5.46 Å². The van der Waals surface area contributed by atoms with Crippen molar-refractivity contribution >= 4 is 177 Å². The van der Waals surface area contributed by atoms with E-state index in [1.54, 1.807) is 0 Å². The van der Waals surface area contributed by atoms with Crippen LogP contribution in [0.3, 0.4) is 0 Å². The van der Waals surface area contributed by atoms with Crippen LogP contribution >= 0.6 is 0 Å². The average molecular weight is 1690 g/mol. The van der Waals surface area contributed by atoms with Gasteiger partial charge in [-0.15, -0.1) is 0 Å². The molecule has 0 aliphatic heterocycles. The van der Waals surface area contributed by atoms with Gasteiger partial charge in [-0.25, -0.2) is 0 Å². The molecule has 0 unspecified atom stereocenters. The average Bonchev–Trinajstić information content (AvgIpc) is 1.55. The maximum absolute atomic E-state index is 15.0. The highest BCUT2D eigenvalue weighted by Crippen LogP contribution is 2.46. The minimum Gasteiger partial charge on any atom is -0.309 e. The summed E-state index contributed by atoms with van der Waals surface area (Å²) >= 11 is 0. The number of aryl methyl sites for hydroxylation is 3. The summed E-state index contributed by atoms with van der Waals surface area (Å²) in [6, 6.07) is 137. The number of hydrogen-bond acceptors (Lipinski definition) is 6. The Balaban J connectivity index is 0.713. The van der Waals surface area contributed by atoms with Crippen LogP contribution in [0.4, 0.5) is 0 Å². The van der Waals surface area contributed by atoms with Crippen LogP contribution in [0.1, 0.15) is 80.4 Å². The lowest BCUT2D eigenvalue weighted by atomic mass is 9.35. The normalized spacial score (nSPS) is 11.9. The zero-order chi connectivity index (χ0) is 88.3. The van der Waals surface area contributed by atoms with Crippen LogP contribution < -0.4 is 16.4 Å². The molecule has 0 radical (unpaired) electrons. The van der Waals surface area contributed by atoms with E-state index in [1.807, 2.05) is 182 Å². The third-order valence-electron chi connectivity index (χ3n) is 27.0. The van der Waals surface area contributed by atoms with E-state index in [-0.39, 0.29) is 29.8 Å². The molecule has 8 heterocycles. The van der Waals surface area contributed by atoms with Gasteiger partial charge in [0.15, 0.2) is 23.1 Å². The number of rotatable bonds is 17. The predicted octanol–water partition coefficient (Wildman–Crippen LogP) is 25.4. The van der Waals surface area contributed by atoms with E-state index in [0.29, 0.717) is 44.5 Å². The number of nitrogens with zero attached hydrogens (tertiary/aromatic N) is 8. The van der Waals surface area contributed by atoms with Crippen LogP contribution in [-0.4, -0.2) is 67.2 Å². The van der Waals surface area contributed by atoms with Crippen molar-refractivity contribution in [2.75, 3.05) is 0 Å². The highest BCUT2D eigenvalue weighted by atomic mass is 16.1. The molecule has 0 N–H and O–H groups in total. The molecule has 620 valence electrons. The maximum Gasteiger partial charge on any atom is 0.242 e. The van der Waals surface area contributed by atoms with Crippen molar-refractivity contribution in [2.24, 2.45) is 0 Å².